The largest absolute Gasteiger partial charge is 0.484 e. The van der Waals surface area contributed by atoms with E-state index in [0.29, 0.717) is 12.8 Å². The molecule has 1 aromatic carbocycles. The Morgan fingerprint density at radius 3 is 2.59 bits per heavy atom. The Morgan fingerprint density at radius 2 is 2.03 bits per heavy atom. The minimum atomic E-state index is -4.56. The van der Waals surface area contributed by atoms with Crippen LogP contribution in [-0.4, -0.2) is 61.4 Å². The Labute approximate surface area is 170 Å². The van der Waals surface area contributed by atoms with Crippen molar-refractivity contribution in [3.63, 3.8) is 0 Å². The Balaban J connectivity index is 2.12. The van der Waals surface area contributed by atoms with Crippen LogP contribution in [0, 0.1) is 5.92 Å². The first kappa shape index (κ1) is 23.3. The number of nitrogens with zero attached hydrogens (tertiary/aromatic N) is 1. The zero-order chi connectivity index (χ0) is 22.0. The van der Waals surface area contributed by atoms with Gasteiger partial charge in [-0.1, -0.05) is 18.5 Å². The van der Waals surface area contributed by atoms with Crippen LogP contribution in [0.25, 0.3) is 0 Å². The molecule has 1 unspecified atom stereocenters. The lowest BCUT2D eigenvalue weighted by Gasteiger charge is -2.25. The molecule has 2 rings (SSSR count). The molecule has 0 aliphatic carbocycles. The molecule has 1 aromatic rings. The molecule has 1 N–H and O–H groups in total. The Hall–Kier alpha value is -2.01. The molecular weight excluding hydrogens is 439 g/mol. The molecule has 1 aliphatic rings. The number of sulfone groups is 1. The second kappa shape index (κ2) is 8.78. The zero-order valence-corrected chi connectivity index (χ0v) is 16.9. The third-order valence-electron chi connectivity index (χ3n) is 4.35. The molecule has 162 valence electrons. The molecule has 12 heteroatoms. The predicted molar refractivity (Wildman–Crippen MR) is 96.6 cm³/mol. The van der Waals surface area contributed by atoms with Crippen LogP contribution in [0.1, 0.15) is 19.8 Å². The van der Waals surface area contributed by atoms with Gasteiger partial charge in [-0.2, -0.15) is 13.2 Å². The summed E-state index contributed by atoms with van der Waals surface area (Å²) in [4.78, 5) is 24.6. The number of carboxylic acid groups (broad SMARTS) is 1. The number of carbonyl (C=O) groups excluding carboxylic acids is 1. The zero-order valence-electron chi connectivity index (χ0n) is 15.3. The summed E-state index contributed by atoms with van der Waals surface area (Å²) in [5, 5.41) is 8.83. The summed E-state index contributed by atoms with van der Waals surface area (Å²) in [5.74, 6) is -3.66. The normalized spacial score (nSPS) is 18.5. The van der Waals surface area contributed by atoms with Gasteiger partial charge in [0.25, 0.3) is 0 Å². The first-order valence-electron chi connectivity index (χ1n) is 8.57. The van der Waals surface area contributed by atoms with Crippen LogP contribution < -0.4 is 4.74 Å². The maximum Gasteiger partial charge on any atom is 0.422 e. The monoisotopic (exact) mass is 457 g/mol. The van der Waals surface area contributed by atoms with Crippen LogP contribution in [0.15, 0.2) is 23.1 Å². The molecule has 0 saturated carbocycles. The number of carbonyl (C=O) groups is 2. The van der Waals surface area contributed by atoms with Crippen molar-refractivity contribution in [1.29, 1.82) is 0 Å². The standard InChI is InChI=1S/C17H19ClF3NO6S/c1-10(15(23)22-6-2-3-13(22)16(24)25)8-29(26,27)14-5-4-11(7-12(14)18)28-9-17(19,20)21/h4-5,7,10,13H,2-3,6,8-9H2,1H3,(H,24,25)/t10-,13?/m1/s1. The van der Waals surface area contributed by atoms with Gasteiger partial charge in [0.2, 0.25) is 5.91 Å². The maximum atomic E-state index is 12.6. The summed E-state index contributed by atoms with van der Waals surface area (Å²) in [5.41, 5.74) is 0. The maximum absolute atomic E-state index is 12.6. The van der Waals surface area contributed by atoms with Gasteiger partial charge in [-0.15, -0.1) is 0 Å². The van der Waals surface area contributed by atoms with Crippen molar-refractivity contribution in [3.05, 3.63) is 23.2 Å². The number of amides is 1. The molecule has 1 aliphatic heterocycles. The number of carboxylic acids is 1. The molecule has 2 atom stereocenters. The minimum absolute atomic E-state index is 0.228. The van der Waals surface area contributed by atoms with Gasteiger partial charge in [0, 0.05) is 18.5 Å². The highest BCUT2D eigenvalue weighted by Gasteiger charge is 2.37. The quantitative estimate of drug-likeness (QED) is 0.675. The van der Waals surface area contributed by atoms with Gasteiger partial charge >= 0.3 is 12.1 Å². The molecule has 7 nitrogen and oxygen atoms in total. The SMILES string of the molecule is C[C@H](CS(=O)(=O)c1ccc(OCC(F)(F)F)cc1Cl)C(=O)N1CCCC1C(=O)O. The van der Waals surface area contributed by atoms with Crippen LogP contribution in [0.3, 0.4) is 0 Å². The highest BCUT2D eigenvalue weighted by atomic mass is 35.5. The third kappa shape index (κ3) is 5.99. The van der Waals surface area contributed by atoms with Crippen molar-refractivity contribution in [2.75, 3.05) is 18.9 Å². The van der Waals surface area contributed by atoms with E-state index in [1.165, 1.54) is 6.92 Å². The topological polar surface area (TPSA) is 101 Å². The first-order chi connectivity index (χ1) is 13.3. The van der Waals surface area contributed by atoms with Crippen LogP contribution >= 0.6 is 11.6 Å². The van der Waals surface area contributed by atoms with Gasteiger partial charge in [0.05, 0.1) is 15.7 Å². The molecule has 1 saturated heterocycles. The first-order valence-corrected chi connectivity index (χ1v) is 10.6. The van der Waals surface area contributed by atoms with E-state index in [2.05, 4.69) is 4.74 Å². The fraction of sp³-hybridized carbons (Fsp3) is 0.529. The Kier molecular flexibility index (Phi) is 7.05. The summed E-state index contributed by atoms with van der Waals surface area (Å²) in [6.07, 6.45) is -3.75. The van der Waals surface area contributed by atoms with E-state index in [0.717, 1.165) is 23.1 Å². The second-order valence-electron chi connectivity index (χ2n) is 6.71. The van der Waals surface area contributed by atoms with Crippen LogP contribution in [0.4, 0.5) is 13.2 Å². The molecule has 1 heterocycles. The van der Waals surface area contributed by atoms with Gasteiger partial charge in [0.15, 0.2) is 16.4 Å². The molecule has 1 fully saturated rings. The van der Waals surface area contributed by atoms with Crippen molar-refractivity contribution < 1.29 is 41.0 Å². The lowest BCUT2D eigenvalue weighted by atomic mass is 10.1. The molecule has 0 aromatic heterocycles. The van der Waals surface area contributed by atoms with Crippen LogP contribution in [0.2, 0.25) is 5.02 Å². The third-order valence-corrected chi connectivity index (χ3v) is 6.74. The van der Waals surface area contributed by atoms with Crippen LogP contribution in [-0.2, 0) is 19.4 Å². The molecule has 0 bridgehead atoms. The second-order valence-corrected chi connectivity index (χ2v) is 9.12. The van der Waals surface area contributed by atoms with Gasteiger partial charge in [0.1, 0.15) is 11.8 Å². The lowest BCUT2D eigenvalue weighted by Crippen LogP contribution is -2.44. The van der Waals surface area contributed by atoms with Gasteiger partial charge < -0.3 is 14.7 Å². The van der Waals surface area contributed by atoms with Gasteiger partial charge in [-0.05, 0) is 25.0 Å². The van der Waals surface area contributed by atoms with E-state index in [-0.39, 0.29) is 22.2 Å². The van der Waals surface area contributed by atoms with E-state index < -0.39 is 52.2 Å². The van der Waals surface area contributed by atoms with Gasteiger partial charge in [-0.25, -0.2) is 13.2 Å². The molecule has 29 heavy (non-hydrogen) atoms. The van der Waals surface area contributed by atoms with E-state index in [1.807, 2.05) is 0 Å². The predicted octanol–water partition coefficient (Wildman–Crippen LogP) is 2.77. The number of aliphatic carboxylic acids is 1. The lowest BCUT2D eigenvalue weighted by molar-refractivity contribution is -0.153. The number of hydrogen-bond acceptors (Lipinski definition) is 5. The molecular formula is C17H19ClF3NO6S. The number of hydrogen-bond donors (Lipinski definition) is 1. The fourth-order valence-corrected chi connectivity index (χ4v) is 5.18. The minimum Gasteiger partial charge on any atom is -0.484 e. The summed E-state index contributed by atoms with van der Waals surface area (Å²) < 4.78 is 66.4. The van der Waals surface area contributed by atoms with Crippen molar-refractivity contribution in [1.82, 2.24) is 4.90 Å². The molecule has 1 amide bonds. The van der Waals surface area contributed by atoms with Crippen molar-refractivity contribution in [2.24, 2.45) is 5.92 Å². The summed E-state index contributed by atoms with van der Waals surface area (Å²) in [7, 11) is -4.07. The molecule has 0 radical (unpaired) electrons. The number of alkyl halides is 3. The van der Waals surface area contributed by atoms with E-state index in [9.17, 15) is 31.2 Å². The average Bonchev–Trinajstić information content (AvgIpc) is 3.08. The number of benzene rings is 1. The Bertz CT molecular complexity index is 890. The van der Waals surface area contributed by atoms with E-state index in [4.69, 9.17) is 16.7 Å². The van der Waals surface area contributed by atoms with Gasteiger partial charge in [-0.3, -0.25) is 4.79 Å². The smallest absolute Gasteiger partial charge is 0.422 e. The van der Waals surface area contributed by atoms with Crippen molar-refractivity contribution in [2.45, 2.75) is 36.9 Å². The van der Waals surface area contributed by atoms with Crippen molar-refractivity contribution >= 4 is 33.3 Å². The fourth-order valence-electron chi connectivity index (χ4n) is 3.05. The van der Waals surface area contributed by atoms with E-state index >= 15 is 0 Å². The summed E-state index contributed by atoms with van der Waals surface area (Å²) in [6, 6.07) is 2.02. The molecule has 0 spiro atoms. The number of ether oxygens (including phenoxy) is 1. The average molecular weight is 458 g/mol. The van der Waals surface area contributed by atoms with E-state index in [1.54, 1.807) is 0 Å². The highest BCUT2D eigenvalue weighted by molar-refractivity contribution is 7.91. The number of rotatable bonds is 7. The Morgan fingerprint density at radius 1 is 1.38 bits per heavy atom. The summed E-state index contributed by atoms with van der Waals surface area (Å²) in [6.45, 7) is 0.0412. The van der Waals surface area contributed by atoms with Crippen molar-refractivity contribution in [3.8, 4) is 5.75 Å². The van der Waals surface area contributed by atoms with Crippen LogP contribution in [0.5, 0.6) is 5.75 Å². The summed E-state index contributed by atoms with van der Waals surface area (Å²) >= 11 is 5.91. The number of likely N-dealkylation sites (tertiary alicyclic amines) is 1. The number of halogens is 4. The highest BCUT2D eigenvalue weighted by Crippen LogP contribution is 2.30.